The van der Waals surface area contributed by atoms with Crippen molar-refractivity contribution in [2.45, 2.75) is 45.1 Å². The van der Waals surface area contributed by atoms with Gasteiger partial charge in [-0.1, -0.05) is 18.5 Å². The molecule has 2 amide bonds. The molecule has 0 bridgehead atoms. The fraction of sp³-hybridized carbons (Fsp3) is 0.818. The zero-order valence-electron chi connectivity index (χ0n) is 10.4. The van der Waals surface area contributed by atoms with E-state index in [1.165, 1.54) is 0 Å². The molecule has 1 rings (SSSR count). The van der Waals surface area contributed by atoms with Gasteiger partial charge >= 0.3 is 6.03 Å². The number of likely N-dealkylation sites (tertiary alicyclic amines) is 1. The average molecular weight is 242 g/mol. The molecule has 0 aromatic rings. The number of urea groups is 1. The summed E-state index contributed by atoms with van der Waals surface area (Å²) in [6, 6.07) is -0.384. The molecule has 17 heavy (non-hydrogen) atoms. The quantitative estimate of drug-likeness (QED) is 0.227. The van der Waals surface area contributed by atoms with E-state index in [9.17, 15) is 4.79 Å². The number of unbranched alkanes of at least 4 members (excludes halogenated alkanes) is 1. The number of hydrogen-bond donors (Lipinski definition) is 3. The highest BCUT2D eigenvalue weighted by atomic mass is 16.4. The number of carbonyl (C=O) groups excluding carboxylic acids is 1. The van der Waals surface area contributed by atoms with E-state index < -0.39 is 0 Å². The van der Waals surface area contributed by atoms with E-state index in [4.69, 9.17) is 10.9 Å². The summed E-state index contributed by atoms with van der Waals surface area (Å²) in [7, 11) is 0. The van der Waals surface area contributed by atoms with Gasteiger partial charge in [0.1, 0.15) is 0 Å². The number of hydrogen-bond acceptors (Lipinski definition) is 3. The zero-order valence-corrected chi connectivity index (χ0v) is 10.4. The van der Waals surface area contributed by atoms with Crippen LogP contribution >= 0.6 is 0 Å². The molecule has 1 fully saturated rings. The van der Waals surface area contributed by atoms with Gasteiger partial charge < -0.3 is 21.2 Å². The molecule has 1 atom stereocenters. The molecule has 0 radical (unpaired) electrons. The monoisotopic (exact) mass is 242 g/mol. The van der Waals surface area contributed by atoms with Crippen LogP contribution in [-0.2, 0) is 0 Å². The van der Waals surface area contributed by atoms with Crippen molar-refractivity contribution in [1.29, 1.82) is 0 Å². The van der Waals surface area contributed by atoms with E-state index in [2.05, 4.69) is 17.4 Å². The van der Waals surface area contributed by atoms with Crippen LogP contribution in [0.5, 0.6) is 0 Å². The highest BCUT2D eigenvalue weighted by Gasteiger charge is 2.29. The van der Waals surface area contributed by atoms with Gasteiger partial charge in [-0.3, -0.25) is 0 Å². The topological polar surface area (TPSA) is 91.0 Å². The van der Waals surface area contributed by atoms with E-state index in [-0.39, 0.29) is 17.9 Å². The third-order valence-electron chi connectivity index (χ3n) is 3.03. The van der Waals surface area contributed by atoms with E-state index in [1.807, 2.05) is 0 Å². The summed E-state index contributed by atoms with van der Waals surface area (Å²) in [4.78, 5) is 13.6. The van der Waals surface area contributed by atoms with E-state index in [1.54, 1.807) is 4.90 Å². The number of nitrogens with two attached hydrogens (primary N) is 1. The largest absolute Gasteiger partial charge is 0.409 e. The molecule has 0 saturated carbocycles. The second-order valence-corrected chi connectivity index (χ2v) is 4.32. The number of nitrogens with zero attached hydrogens (tertiary/aromatic N) is 2. The standard InChI is InChI=1S/C11H22N4O2/c1-2-3-7-13-11(16)15-8-5-4-6-9(15)10(12)14-17/h9,17H,2-8H2,1H3,(H2,12,14)(H,13,16). The lowest BCUT2D eigenvalue weighted by molar-refractivity contribution is 0.170. The molecule has 1 saturated heterocycles. The number of amidine groups is 1. The van der Waals surface area contributed by atoms with Crippen LogP contribution < -0.4 is 11.1 Å². The maximum Gasteiger partial charge on any atom is 0.318 e. The number of nitrogens with one attached hydrogen (secondary N) is 1. The van der Waals surface area contributed by atoms with Gasteiger partial charge in [0.15, 0.2) is 5.84 Å². The van der Waals surface area contributed by atoms with Gasteiger partial charge in [0, 0.05) is 13.1 Å². The van der Waals surface area contributed by atoms with Gasteiger partial charge in [-0.05, 0) is 25.7 Å². The van der Waals surface area contributed by atoms with Gasteiger partial charge in [0.05, 0.1) is 6.04 Å². The van der Waals surface area contributed by atoms with Crippen molar-refractivity contribution in [1.82, 2.24) is 10.2 Å². The maximum absolute atomic E-state index is 11.9. The molecule has 0 aliphatic carbocycles. The predicted octanol–water partition coefficient (Wildman–Crippen LogP) is 1.10. The van der Waals surface area contributed by atoms with Gasteiger partial charge in [-0.15, -0.1) is 0 Å². The Morgan fingerprint density at radius 1 is 1.59 bits per heavy atom. The first-order valence-corrected chi connectivity index (χ1v) is 6.22. The Hall–Kier alpha value is -1.46. The van der Waals surface area contributed by atoms with Crippen LogP contribution in [-0.4, -0.2) is 41.1 Å². The first-order chi connectivity index (χ1) is 8.20. The molecule has 1 aliphatic rings. The van der Waals surface area contributed by atoms with Crippen molar-refractivity contribution in [3.63, 3.8) is 0 Å². The molecular formula is C11H22N4O2. The summed E-state index contributed by atoms with van der Waals surface area (Å²) < 4.78 is 0. The van der Waals surface area contributed by atoms with Crippen LogP contribution in [0.2, 0.25) is 0 Å². The lowest BCUT2D eigenvalue weighted by Gasteiger charge is -2.34. The van der Waals surface area contributed by atoms with Crippen LogP contribution in [0.15, 0.2) is 5.16 Å². The van der Waals surface area contributed by atoms with Crippen LogP contribution in [0.25, 0.3) is 0 Å². The van der Waals surface area contributed by atoms with Gasteiger partial charge in [0.25, 0.3) is 0 Å². The Morgan fingerprint density at radius 3 is 3.00 bits per heavy atom. The van der Waals surface area contributed by atoms with Crippen molar-refractivity contribution in [2.75, 3.05) is 13.1 Å². The summed E-state index contributed by atoms with van der Waals surface area (Å²) in [6.45, 7) is 3.42. The summed E-state index contributed by atoms with van der Waals surface area (Å²) in [5.41, 5.74) is 5.61. The second-order valence-electron chi connectivity index (χ2n) is 4.32. The van der Waals surface area contributed by atoms with E-state index in [0.29, 0.717) is 13.1 Å². The van der Waals surface area contributed by atoms with Crippen molar-refractivity contribution in [2.24, 2.45) is 10.9 Å². The molecule has 1 aliphatic heterocycles. The molecule has 1 heterocycles. The smallest absolute Gasteiger partial charge is 0.318 e. The SMILES string of the molecule is CCCCNC(=O)N1CCCCC1C(N)=NO. The summed E-state index contributed by atoms with van der Waals surface area (Å²) in [5.74, 6) is 0.121. The van der Waals surface area contributed by atoms with E-state index >= 15 is 0 Å². The zero-order chi connectivity index (χ0) is 12.7. The molecule has 6 nitrogen and oxygen atoms in total. The third kappa shape index (κ3) is 3.80. The van der Waals surface area contributed by atoms with Crippen LogP contribution in [0, 0.1) is 0 Å². The summed E-state index contributed by atoms with van der Waals surface area (Å²) in [5, 5.41) is 14.6. The number of amides is 2. The number of rotatable bonds is 4. The second kappa shape index (κ2) is 6.98. The first-order valence-electron chi connectivity index (χ1n) is 6.22. The molecule has 6 heteroatoms. The Bertz CT molecular complexity index is 281. The average Bonchev–Trinajstić information content (AvgIpc) is 2.38. The Kier molecular flexibility index (Phi) is 5.59. The van der Waals surface area contributed by atoms with E-state index in [0.717, 1.165) is 32.1 Å². The fourth-order valence-electron chi connectivity index (χ4n) is 2.02. The van der Waals surface area contributed by atoms with Crippen molar-refractivity contribution in [3.05, 3.63) is 0 Å². The van der Waals surface area contributed by atoms with Crippen molar-refractivity contribution < 1.29 is 10.0 Å². The highest BCUT2D eigenvalue weighted by molar-refractivity contribution is 5.89. The van der Waals surface area contributed by atoms with Gasteiger partial charge in [-0.25, -0.2) is 4.79 Å². The summed E-state index contributed by atoms with van der Waals surface area (Å²) in [6.07, 6.45) is 4.74. The van der Waals surface area contributed by atoms with Crippen molar-refractivity contribution >= 4 is 11.9 Å². The van der Waals surface area contributed by atoms with Gasteiger partial charge in [-0.2, -0.15) is 0 Å². The van der Waals surface area contributed by atoms with Gasteiger partial charge in [0.2, 0.25) is 0 Å². The molecule has 0 aromatic carbocycles. The van der Waals surface area contributed by atoms with Crippen molar-refractivity contribution in [3.8, 4) is 0 Å². The lowest BCUT2D eigenvalue weighted by Crippen LogP contribution is -2.53. The number of carbonyl (C=O) groups is 1. The Labute approximate surface area is 102 Å². The third-order valence-corrected chi connectivity index (χ3v) is 3.03. The minimum Gasteiger partial charge on any atom is -0.409 e. The first kappa shape index (κ1) is 13.6. The normalized spacial score (nSPS) is 21.4. The maximum atomic E-state index is 11.9. The fourth-order valence-corrected chi connectivity index (χ4v) is 2.02. The summed E-state index contributed by atoms with van der Waals surface area (Å²) >= 11 is 0. The Balaban J connectivity index is 2.55. The molecule has 0 spiro atoms. The Morgan fingerprint density at radius 2 is 2.35 bits per heavy atom. The van der Waals surface area contributed by atoms with Crippen LogP contribution in [0.4, 0.5) is 4.79 Å². The molecule has 98 valence electrons. The molecule has 1 unspecified atom stereocenters. The number of piperidine rings is 1. The molecular weight excluding hydrogens is 220 g/mol. The minimum atomic E-state index is -0.268. The lowest BCUT2D eigenvalue weighted by atomic mass is 10.0. The van der Waals surface area contributed by atoms with Crippen LogP contribution in [0.1, 0.15) is 39.0 Å². The van der Waals surface area contributed by atoms with Crippen LogP contribution in [0.3, 0.4) is 0 Å². The number of oxime groups is 1. The highest BCUT2D eigenvalue weighted by Crippen LogP contribution is 2.17. The molecule has 4 N–H and O–H groups in total. The molecule has 0 aromatic heterocycles. The minimum absolute atomic E-state index is 0.116. The predicted molar refractivity (Wildman–Crippen MR) is 66.1 cm³/mol.